The van der Waals surface area contributed by atoms with Crippen LogP contribution < -0.4 is 0 Å². The molecule has 0 unspecified atom stereocenters. The molecule has 0 aliphatic heterocycles. The highest BCUT2D eigenvalue weighted by Gasteiger charge is 2.05. The van der Waals surface area contributed by atoms with Gasteiger partial charge in [-0.3, -0.25) is 0 Å². The number of hydrogen-bond acceptors (Lipinski definition) is 1. The van der Waals surface area contributed by atoms with E-state index in [2.05, 4.69) is 61.3 Å². The Hall–Kier alpha value is -1.93. The molecular formula is C17H15NS. The molecule has 3 rings (SSSR count). The van der Waals surface area contributed by atoms with Crippen LogP contribution in [0.1, 0.15) is 11.1 Å². The summed E-state index contributed by atoms with van der Waals surface area (Å²) in [6, 6.07) is 17.0. The van der Waals surface area contributed by atoms with Crippen molar-refractivity contribution in [1.82, 2.24) is 4.98 Å². The third kappa shape index (κ3) is 2.32. The van der Waals surface area contributed by atoms with Gasteiger partial charge in [0, 0.05) is 10.9 Å². The number of hydrogen-bond donors (Lipinski definition) is 1. The lowest BCUT2D eigenvalue weighted by molar-refractivity contribution is 1.36. The third-order valence-corrected chi connectivity index (χ3v) is 3.55. The van der Waals surface area contributed by atoms with Crippen LogP contribution in [-0.2, 0) is 0 Å². The Labute approximate surface area is 117 Å². The molecule has 3 aromatic rings. The summed E-state index contributed by atoms with van der Waals surface area (Å²) >= 11 is 5.34. The fraction of sp³-hybridized carbons (Fsp3) is 0.118. The molecule has 0 spiro atoms. The van der Waals surface area contributed by atoms with Crippen molar-refractivity contribution >= 4 is 23.1 Å². The van der Waals surface area contributed by atoms with Crippen molar-refractivity contribution in [1.29, 1.82) is 0 Å². The molecule has 2 aromatic carbocycles. The zero-order valence-electron chi connectivity index (χ0n) is 11.0. The van der Waals surface area contributed by atoms with E-state index < -0.39 is 0 Å². The lowest BCUT2D eigenvalue weighted by atomic mass is 9.99. The van der Waals surface area contributed by atoms with Crippen LogP contribution in [-0.4, -0.2) is 4.98 Å². The Kier molecular flexibility index (Phi) is 2.96. The molecule has 0 amide bonds. The lowest BCUT2D eigenvalue weighted by Gasteiger charge is -2.09. The van der Waals surface area contributed by atoms with E-state index >= 15 is 0 Å². The van der Waals surface area contributed by atoms with Gasteiger partial charge in [0.05, 0.1) is 0 Å². The minimum Gasteiger partial charge on any atom is -0.346 e. The normalized spacial score (nSPS) is 10.8. The highest BCUT2D eigenvalue weighted by Crippen LogP contribution is 2.29. The fourth-order valence-corrected chi connectivity index (χ4v) is 2.65. The predicted octanol–water partition coefficient (Wildman–Crippen LogP) is 5.18. The Balaban J connectivity index is 2.39. The zero-order chi connectivity index (χ0) is 13.4. The quantitative estimate of drug-likeness (QED) is 0.599. The van der Waals surface area contributed by atoms with Gasteiger partial charge < -0.3 is 4.98 Å². The Morgan fingerprint density at radius 2 is 1.68 bits per heavy atom. The first-order chi connectivity index (χ1) is 9.13. The molecule has 0 aliphatic rings. The largest absolute Gasteiger partial charge is 0.346 e. The van der Waals surface area contributed by atoms with Gasteiger partial charge in [-0.15, -0.1) is 0 Å². The van der Waals surface area contributed by atoms with Gasteiger partial charge in [-0.1, -0.05) is 53.7 Å². The van der Waals surface area contributed by atoms with Gasteiger partial charge in [0.2, 0.25) is 0 Å². The molecule has 0 fully saturated rings. The molecule has 2 heteroatoms. The summed E-state index contributed by atoms with van der Waals surface area (Å²) in [5, 5.41) is 1.22. The first kappa shape index (κ1) is 12.1. The number of aromatic nitrogens is 1. The number of fused-ring (bicyclic) bond motifs is 1. The van der Waals surface area contributed by atoms with Gasteiger partial charge in [-0.05, 0) is 43.2 Å². The molecule has 19 heavy (non-hydrogen) atoms. The molecule has 1 nitrogen and oxygen atoms in total. The highest BCUT2D eigenvalue weighted by molar-refractivity contribution is 7.71. The first-order valence-electron chi connectivity index (χ1n) is 6.34. The summed E-state index contributed by atoms with van der Waals surface area (Å²) in [5.41, 5.74) is 6.03. The molecule has 0 saturated carbocycles. The second-order valence-corrected chi connectivity index (χ2v) is 5.41. The molecule has 0 aliphatic carbocycles. The van der Waals surface area contributed by atoms with Crippen LogP contribution in [0.5, 0.6) is 0 Å². The number of benzene rings is 2. The SMILES string of the molecule is Cc1cccc(-c2cc(=S)[nH]c3ccc(C)cc23)c1. The van der Waals surface area contributed by atoms with Crippen LogP contribution in [0.4, 0.5) is 0 Å². The maximum Gasteiger partial charge on any atom is 0.104 e. The van der Waals surface area contributed by atoms with Crippen molar-refractivity contribution in [3.8, 4) is 11.1 Å². The average Bonchev–Trinajstić information content (AvgIpc) is 2.38. The number of aromatic amines is 1. The van der Waals surface area contributed by atoms with Crippen molar-refractivity contribution in [2.24, 2.45) is 0 Å². The average molecular weight is 265 g/mol. The van der Waals surface area contributed by atoms with Crippen LogP contribution >= 0.6 is 12.2 Å². The second-order valence-electron chi connectivity index (χ2n) is 4.97. The van der Waals surface area contributed by atoms with Crippen LogP contribution in [0.25, 0.3) is 22.0 Å². The number of pyridine rings is 1. The first-order valence-corrected chi connectivity index (χ1v) is 6.75. The van der Waals surface area contributed by atoms with Crippen molar-refractivity contribution in [3.63, 3.8) is 0 Å². The molecule has 0 saturated heterocycles. The molecule has 1 N–H and O–H groups in total. The molecule has 1 aromatic heterocycles. The van der Waals surface area contributed by atoms with E-state index in [0.717, 1.165) is 10.2 Å². The third-order valence-electron chi connectivity index (χ3n) is 3.33. The molecule has 1 heterocycles. The fourth-order valence-electron chi connectivity index (χ4n) is 2.42. The Morgan fingerprint density at radius 3 is 2.47 bits per heavy atom. The second kappa shape index (κ2) is 4.63. The van der Waals surface area contributed by atoms with Gasteiger partial charge in [0.15, 0.2) is 0 Å². The molecular weight excluding hydrogens is 250 g/mol. The summed E-state index contributed by atoms with van der Waals surface area (Å²) in [5.74, 6) is 0. The van der Waals surface area contributed by atoms with E-state index in [1.165, 1.54) is 27.6 Å². The van der Waals surface area contributed by atoms with E-state index in [4.69, 9.17) is 12.2 Å². The smallest absolute Gasteiger partial charge is 0.104 e. The maximum absolute atomic E-state index is 5.34. The summed E-state index contributed by atoms with van der Waals surface area (Å²) in [6.07, 6.45) is 0. The van der Waals surface area contributed by atoms with Crippen molar-refractivity contribution in [2.45, 2.75) is 13.8 Å². The van der Waals surface area contributed by atoms with E-state index in [1.807, 2.05) is 6.07 Å². The summed E-state index contributed by atoms with van der Waals surface area (Å²) in [7, 11) is 0. The van der Waals surface area contributed by atoms with Crippen LogP contribution in [0.15, 0.2) is 48.5 Å². The van der Waals surface area contributed by atoms with Crippen molar-refractivity contribution < 1.29 is 0 Å². The van der Waals surface area contributed by atoms with Gasteiger partial charge in [0.1, 0.15) is 4.64 Å². The van der Waals surface area contributed by atoms with E-state index in [9.17, 15) is 0 Å². The van der Waals surface area contributed by atoms with Crippen molar-refractivity contribution in [3.05, 3.63) is 64.3 Å². The summed E-state index contributed by atoms with van der Waals surface area (Å²) in [6.45, 7) is 4.22. The minimum atomic E-state index is 0.771. The molecule has 0 radical (unpaired) electrons. The van der Waals surface area contributed by atoms with Gasteiger partial charge in [-0.2, -0.15) is 0 Å². The van der Waals surface area contributed by atoms with E-state index in [-0.39, 0.29) is 0 Å². The molecule has 0 atom stereocenters. The maximum atomic E-state index is 5.34. The number of H-pyrrole nitrogens is 1. The van der Waals surface area contributed by atoms with Gasteiger partial charge >= 0.3 is 0 Å². The van der Waals surface area contributed by atoms with E-state index in [0.29, 0.717) is 0 Å². The predicted molar refractivity (Wildman–Crippen MR) is 84.0 cm³/mol. The van der Waals surface area contributed by atoms with Crippen LogP contribution in [0, 0.1) is 18.5 Å². The van der Waals surface area contributed by atoms with Gasteiger partial charge in [0.25, 0.3) is 0 Å². The van der Waals surface area contributed by atoms with E-state index in [1.54, 1.807) is 0 Å². The molecule has 0 bridgehead atoms. The lowest BCUT2D eigenvalue weighted by Crippen LogP contribution is -1.87. The highest BCUT2D eigenvalue weighted by atomic mass is 32.1. The zero-order valence-corrected chi connectivity index (χ0v) is 11.8. The number of aryl methyl sites for hydroxylation is 2. The Bertz CT molecular complexity index is 815. The topological polar surface area (TPSA) is 15.8 Å². The summed E-state index contributed by atoms with van der Waals surface area (Å²) < 4.78 is 0.771. The molecule has 94 valence electrons. The minimum absolute atomic E-state index is 0.771. The number of nitrogens with one attached hydrogen (secondary N) is 1. The summed E-state index contributed by atoms with van der Waals surface area (Å²) in [4.78, 5) is 3.26. The standard InChI is InChI=1S/C17H15NS/c1-11-4-3-5-13(8-11)14-10-17(19)18-16-7-6-12(2)9-15(14)16/h3-10H,1-2H3,(H,18,19). The Morgan fingerprint density at radius 1 is 0.895 bits per heavy atom. The monoisotopic (exact) mass is 265 g/mol. The number of rotatable bonds is 1. The van der Waals surface area contributed by atoms with Crippen LogP contribution in [0.3, 0.4) is 0 Å². The van der Waals surface area contributed by atoms with Gasteiger partial charge in [-0.25, -0.2) is 0 Å². The van der Waals surface area contributed by atoms with Crippen molar-refractivity contribution in [2.75, 3.05) is 0 Å². The van der Waals surface area contributed by atoms with Crippen LogP contribution in [0.2, 0.25) is 0 Å².